The predicted octanol–water partition coefficient (Wildman–Crippen LogP) is 0.620. The van der Waals surface area contributed by atoms with Crippen molar-refractivity contribution in [2.45, 2.75) is 6.04 Å². The van der Waals surface area contributed by atoms with Gasteiger partial charge < -0.3 is 15.4 Å². The number of ether oxygens (including phenoxy) is 1. The molecule has 2 N–H and O–H groups in total. The maximum Gasteiger partial charge on any atom is 0.337 e. The Morgan fingerprint density at radius 2 is 2.00 bits per heavy atom. The summed E-state index contributed by atoms with van der Waals surface area (Å²) >= 11 is 0. The van der Waals surface area contributed by atoms with E-state index < -0.39 is 0 Å². The number of carbonyl (C=O) groups is 1. The van der Waals surface area contributed by atoms with Crippen LogP contribution in [0.2, 0.25) is 0 Å². The minimum Gasteiger partial charge on any atom is -0.465 e. The minimum atomic E-state index is -0.304. The number of methoxy groups -OCH3 is 1. The summed E-state index contributed by atoms with van der Waals surface area (Å²) in [6, 6.07) is 7.65. The molecule has 80 valence electrons. The second-order valence-electron chi connectivity index (χ2n) is 3.70. The average Bonchev–Trinajstić information content (AvgIpc) is 2.24. The zero-order valence-electron chi connectivity index (χ0n) is 8.64. The van der Waals surface area contributed by atoms with Crippen LogP contribution in [0, 0.1) is 0 Å². The molecule has 0 atom stereocenters. The van der Waals surface area contributed by atoms with E-state index in [1.165, 1.54) is 7.11 Å². The molecule has 1 fully saturated rings. The normalized spacial score (nSPS) is 16.0. The molecule has 1 aliphatic heterocycles. The third kappa shape index (κ3) is 1.94. The van der Waals surface area contributed by atoms with Gasteiger partial charge in [-0.1, -0.05) is 0 Å². The Hall–Kier alpha value is -1.55. The third-order valence-electron chi connectivity index (χ3n) is 2.56. The lowest BCUT2D eigenvalue weighted by atomic mass is 10.1. The summed E-state index contributed by atoms with van der Waals surface area (Å²) in [6.07, 6.45) is 0. The minimum absolute atomic E-state index is 0.283. The van der Waals surface area contributed by atoms with Gasteiger partial charge >= 0.3 is 5.97 Å². The fourth-order valence-corrected chi connectivity index (χ4v) is 1.65. The van der Waals surface area contributed by atoms with Gasteiger partial charge in [0, 0.05) is 24.8 Å². The van der Waals surface area contributed by atoms with E-state index in [4.69, 9.17) is 5.73 Å². The number of nitrogens with zero attached hydrogens (tertiary/aromatic N) is 1. The molecule has 0 saturated carbocycles. The fraction of sp³-hybridized carbons (Fsp3) is 0.364. The molecule has 0 amide bonds. The van der Waals surface area contributed by atoms with Crippen LogP contribution >= 0.6 is 0 Å². The first kappa shape index (κ1) is 9.98. The largest absolute Gasteiger partial charge is 0.465 e. The van der Waals surface area contributed by atoms with Crippen LogP contribution in [0.1, 0.15) is 10.4 Å². The van der Waals surface area contributed by atoms with E-state index in [-0.39, 0.29) is 12.0 Å². The van der Waals surface area contributed by atoms with Gasteiger partial charge in [0.25, 0.3) is 0 Å². The number of esters is 1. The van der Waals surface area contributed by atoms with E-state index >= 15 is 0 Å². The number of carbonyl (C=O) groups excluding carboxylic acids is 1. The lowest BCUT2D eigenvalue weighted by Crippen LogP contribution is -2.55. The van der Waals surface area contributed by atoms with Crippen LogP contribution in [0.5, 0.6) is 0 Å². The number of hydrogen-bond acceptors (Lipinski definition) is 4. The number of hydrogen-bond donors (Lipinski definition) is 1. The summed E-state index contributed by atoms with van der Waals surface area (Å²) in [5, 5.41) is 0. The summed E-state index contributed by atoms with van der Waals surface area (Å²) in [6.45, 7) is 1.77. The third-order valence-corrected chi connectivity index (χ3v) is 2.56. The van der Waals surface area contributed by atoms with Gasteiger partial charge in [-0.2, -0.15) is 0 Å². The number of anilines is 1. The molecule has 0 unspecified atom stereocenters. The van der Waals surface area contributed by atoms with Gasteiger partial charge in [0.1, 0.15) is 0 Å². The second-order valence-corrected chi connectivity index (χ2v) is 3.70. The van der Waals surface area contributed by atoms with Gasteiger partial charge in [0.05, 0.1) is 12.7 Å². The highest BCUT2D eigenvalue weighted by Gasteiger charge is 2.22. The summed E-state index contributed by atoms with van der Waals surface area (Å²) in [5.74, 6) is -0.304. The Morgan fingerprint density at radius 3 is 2.47 bits per heavy atom. The molecule has 1 aromatic rings. The van der Waals surface area contributed by atoms with Gasteiger partial charge in [-0.15, -0.1) is 0 Å². The average molecular weight is 206 g/mol. The van der Waals surface area contributed by atoms with Crippen LogP contribution in [-0.2, 0) is 4.74 Å². The Kier molecular flexibility index (Phi) is 2.60. The van der Waals surface area contributed by atoms with Crippen LogP contribution < -0.4 is 10.6 Å². The quantitative estimate of drug-likeness (QED) is 0.721. The molecule has 0 aromatic heterocycles. The molecular weight excluding hydrogens is 192 g/mol. The molecule has 0 radical (unpaired) electrons. The van der Waals surface area contributed by atoms with E-state index in [2.05, 4.69) is 9.64 Å². The first-order valence-corrected chi connectivity index (χ1v) is 4.89. The van der Waals surface area contributed by atoms with E-state index in [0.717, 1.165) is 18.8 Å². The van der Waals surface area contributed by atoms with Crippen molar-refractivity contribution in [3.63, 3.8) is 0 Å². The molecule has 2 rings (SSSR count). The molecule has 0 aliphatic carbocycles. The smallest absolute Gasteiger partial charge is 0.337 e. The first-order chi connectivity index (χ1) is 7.20. The van der Waals surface area contributed by atoms with Crippen LogP contribution in [0.3, 0.4) is 0 Å². The molecule has 1 saturated heterocycles. The molecule has 0 spiro atoms. The maximum atomic E-state index is 11.2. The monoisotopic (exact) mass is 206 g/mol. The lowest BCUT2D eigenvalue weighted by molar-refractivity contribution is 0.0601. The Bertz CT molecular complexity index is 355. The van der Waals surface area contributed by atoms with Crippen molar-refractivity contribution in [3.05, 3.63) is 29.8 Å². The van der Waals surface area contributed by atoms with Crippen molar-refractivity contribution in [3.8, 4) is 0 Å². The van der Waals surface area contributed by atoms with Crippen molar-refractivity contribution in [1.82, 2.24) is 0 Å². The van der Waals surface area contributed by atoms with Crippen molar-refractivity contribution < 1.29 is 9.53 Å². The molecule has 4 nitrogen and oxygen atoms in total. The van der Waals surface area contributed by atoms with Crippen molar-refractivity contribution >= 4 is 11.7 Å². The molecule has 0 bridgehead atoms. The van der Waals surface area contributed by atoms with Crippen molar-refractivity contribution in [2.24, 2.45) is 5.73 Å². The molecule has 1 aliphatic rings. The zero-order valence-corrected chi connectivity index (χ0v) is 8.64. The Labute approximate surface area is 88.6 Å². The molecule has 1 aromatic carbocycles. The van der Waals surface area contributed by atoms with Crippen LogP contribution in [0.25, 0.3) is 0 Å². The number of nitrogens with two attached hydrogens (primary N) is 1. The van der Waals surface area contributed by atoms with Crippen LogP contribution in [0.15, 0.2) is 24.3 Å². The van der Waals surface area contributed by atoms with E-state index in [9.17, 15) is 4.79 Å². The van der Waals surface area contributed by atoms with Crippen LogP contribution in [0.4, 0.5) is 5.69 Å². The summed E-state index contributed by atoms with van der Waals surface area (Å²) in [7, 11) is 1.38. The van der Waals surface area contributed by atoms with E-state index in [1.807, 2.05) is 12.1 Å². The van der Waals surface area contributed by atoms with Crippen LogP contribution in [-0.4, -0.2) is 32.2 Å². The summed E-state index contributed by atoms with van der Waals surface area (Å²) < 4.78 is 4.62. The number of rotatable bonds is 2. The maximum absolute atomic E-state index is 11.2. The standard InChI is InChI=1S/C11H14N2O2/c1-15-11(14)8-2-4-10(5-3-8)13-6-9(12)7-13/h2-5,9H,6-7,12H2,1H3. The summed E-state index contributed by atoms with van der Waals surface area (Å²) in [4.78, 5) is 13.3. The SMILES string of the molecule is COC(=O)c1ccc(N2CC(N)C2)cc1. The Morgan fingerprint density at radius 1 is 1.40 bits per heavy atom. The topological polar surface area (TPSA) is 55.6 Å². The molecule has 4 heteroatoms. The fourth-order valence-electron chi connectivity index (χ4n) is 1.65. The van der Waals surface area contributed by atoms with E-state index in [0.29, 0.717) is 5.56 Å². The van der Waals surface area contributed by atoms with Gasteiger partial charge in [0.2, 0.25) is 0 Å². The molecule has 1 heterocycles. The Balaban J connectivity index is 2.07. The highest BCUT2D eigenvalue weighted by atomic mass is 16.5. The second kappa shape index (κ2) is 3.90. The zero-order chi connectivity index (χ0) is 10.8. The van der Waals surface area contributed by atoms with Gasteiger partial charge in [-0.05, 0) is 24.3 Å². The van der Waals surface area contributed by atoms with Gasteiger partial charge in [-0.3, -0.25) is 0 Å². The van der Waals surface area contributed by atoms with E-state index in [1.54, 1.807) is 12.1 Å². The molecular formula is C11H14N2O2. The number of benzene rings is 1. The lowest BCUT2D eigenvalue weighted by Gasteiger charge is -2.38. The molecule has 15 heavy (non-hydrogen) atoms. The summed E-state index contributed by atoms with van der Waals surface area (Å²) in [5.41, 5.74) is 7.37. The highest BCUT2D eigenvalue weighted by Crippen LogP contribution is 2.20. The van der Waals surface area contributed by atoms with Crippen molar-refractivity contribution in [1.29, 1.82) is 0 Å². The predicted molar refractivity (Wildman–Crippen MR) is 58.0 cm³/mol. The first-order valence-electron chi connectivity index (χ1n) is 4.89. The van der Waals surface area contributed by atoms with Gasteiger partial charge in [-0.25, -0.2) is 4.79 Å². The van der Waals surface area contributed by atoms with Crippen molar-refractivity contribution in [2.75, 3.05) is 25.1 Å². The highest BCUT2D eigenvalue weighted by molar-refractivity contribution is 5.89. The van der Waals surface area contributed by atoms with Gasteiger partial charge in [0.15, 0.2) is 0 Å².